The van der Waals surface area contributed by atoms with Crippen LogP contribution in [0, 0.1) is 0 Å². The van der Waals surface area contributed by atoms with E-state index in [1.807, 2.05) is 19.9 Å². The Bertz CT molecular complexity index is 664. The van der Waals surface area contributed by atoms with Crippen LogP contribution in [-0.4, -0.2) is 23.1 Å². The van der Waals surface area contributed by atoms with Crippen LogP contribution < -0.4 is 4.74 Å². The van der Waals surface area contributed by atoms with Gasteiger partial charge >= 0.3 is 0 Å². The van der Waals surface area contributed by atoms with Crippen molar-refractivity contribution in [3.8, 4) is 11.5 Å². The second-order valence-electron chi connectivity index (χ2n) is 7.68. The van der Waals surface area contributed by atoms with Crippen LogP contribution in [0.2, 0.25) is 0 Å². The van der Waals surface area contributed by atoms with Crippen molar-refractivity contribution in [3.05, 3.63) is 47.2 Å². The minimum absolute atomic E-state index is 0.0577. The zero-order valence-electron chi connectivity index (χ0n) is 16.9. The van der Waals surface area contributed by atoms with Crippen LogP contribution in [0.25, 0.3) is 0 Å². The van der Waals surface area contributed by atoms with E-state index in [-0.39, 0.29) is 6.10 Å². The van der Waals surface area contributed by atoms with Crippen molar-refractivity contribution in [2.75, 3.05) is 11.9 Å². The van der Waals surface area contributed by atoms with E-state index in [0.717, 1.165) is 60.1 Å². The molecule has 0 bridgehead atoms. The van der Waals surface area contributed by atoms with Crippen LogP contribution in [0.4, 0.5) is 0 Å². The van der Waals surface area contributed by atoms with Crippen molar-refractivity contribution in [2.24, 2.45) is 0 Å². The van der Waals surface area contributed by atoms with Gasteiger partial charge in [0, 0.05) is 17.3 Å². The number of hydrogen-bond donors (Lipinski definition) is 1. The monoisotopic (exact) mass is 436 g/mol. The summed E-state index contributed by atoms with van der Waals surface area (Å²) in [6, 6.07) is 3.90. The summed E-state index contributed by atoms with van der Waals surface area (Å²) in [4.78, 5) is 0. The third-order valence-electron chi connectivity index (χ3n) is 4.76. The first-order chi connectivity index (χ1) is 12.9. The van der Waals surface area contributed by atoms with Crippen molar-refractivity contribution < 1.29 is 14.6 Å². The Balaban J connectivity index is 2.17. The summed E-state index contributed by atoms with van der Waals surface area (Å²) in [5.74, 6) is 2.16. The van der Waals surface area contributed by atoms with E-state index in [2.05, 4.69) is 41.6 Å². The molecule has 1 aromatic carbocycles. The number of hydrogen-bond acceptors (Lipinski definition) is 3. The molecule has 1 atom stereocenters. The summed E-state index contributed by atoms with van der Waals surface area (Å²) in [6.45, 7) is 10.9. The van der Waals surface area contributed by atoms with Crippen LogP contribution in [-0.2, 0) is 11.2 Å². The normalized spacial score (nSPS) is 16.9. The molecule has 1 aliphatic carbocycles. The van der Waals surface area contributed by atoms with Crippen molar-refractivity contribution in [1.29, 1.82) is 0 Å². The lowest BCUT2D eigenvalue weighted by Crippen LogP contribution is -2.12. The molecule has 4 heteroatoms. The summed E-state index contributed by atoms with van der Waals surface area (Å²) in [5, 5.41) is 11.8. The van der Waals surface area contributed by atoms with E-state index < -0.39 is 0 Å². The summed E-state index contributed by atoms with van der Waals surface area (Å²) in [5.41, 5.74) is 3.31. The highest BCUT2D eigenvalue weighted by Crippen LogP contribution is 2.43. The van der Waals surface area contributed by atoms with Gasteiger partial charge in [-0.3, -0.25) is 0 Å². The molecule has 0 saturated carbocycles. The minimum atomic E-state index is 0.0577. The van der Waals surface area contributed by atoms with Gasteiger partial charge in [-0.05, 0) is 76.5 Å². The number of ether oxygens (including phenoxy) is 2. The van der Waals surface area contributed by atoms with Crippen LogP contribution in [0.3, 0.4) is 0 Å². The number of unbranched alkanes of at least 4 members (excludes halogenated alkanes) is 1. The van der Waals surface area contributed by atoms with E-state index in [1.165, 1.54) is 5.57 Å². The molecule has 1 aliphatic rings. The van der Waals surface area contributed by atoms with Gasteiger partial charge in [-0.1, -0.05) is 34.2 Å². The fourth-order valence-electron chi connectivity index (χ4n) is 3.57. The molecular formula is C23H33BrO3. The van der Waals surface area contributed by atoms with Crippen LogP contribution >= 0.6 is 15.9 Å². The molecule has 0 aliphatic heterocycles. The van der Waals surface area contributed by atoms with Gasteiger partial charge < -0.3 is 14.6 Å². The fraction of sp³-hybridized carbons (Fsp3) is 0.565. The molecule has 3 nitrogen and oxygen atoms in total. The largest absolute Gasteiger partial charge is 0.508 e. The minimum Gasteiger partial charge on any atom is -0.508 e. The maximum Gasteiger partial charge on any atom is 0.127 e. The zero-order valence-corrected chi connectivity index (χ0v) is 18.5. The van der Waals surface area contributed by atoms with E-state index in [4.69, 9.17) is 9.47 Å². The average molecular weight is 437 g/mol. The Kier molecular flexibility index (Phi) is 8.75. The van der Waals surface area contributed by atoms with Gasteiger partial charge in [0.05, 0.1) is 18.5 Å². The quantitative estimate of drug-likeness (QED) is 0.193. The highest BCUT2D eigenvalue weighted by molar-refractivity contribution is 9.09. The number of halogens is 1. The third-order valence-corrected chi connectivity index (χ3v) is 5.32. The number of alkyl halides is 1. The molecular weight excluding hydrogens is 404 g/mol. The Hall–Kier alpha value is -1.42. The van der Waals surface area contributed by atoms with Gasteiger partial charge in [0.25, 0.3) is 0 Å². The molecule has 0 aromatic heterocycles. The number of aromatic hydroxyl groups is 1. The third kappa shape index (κ3) is 6.91. The Morgan fingerprint density at radius 1 is 1.33 bits per heavy atom. The highest BCUT2D eigenvalue weighted by atomic mass is 79.9. The molecule has 2 rings (SSSR count). The van der Waals surface area contributed by atoms with Crippen LogP contribution in [0.5, 0.6) is 11.5 Å². The average Bonchev–Trinajstić information content (AvgIpc) is 2.58. The molecule has 0 spiro atoms. The SMILES string of the molecule is C=C(Cc1cc(O)c(C2CCC=C(C)C2)c(OC(C)C)c1)OCCCCBr. The van der Waals surface area contributed by atoms with Gasteiger partial charge in [0.2, 0.25) is 0 Å². The summed E-state index contributed by atoms with van der Waals surface area (Å²) < 4.78 is 11.8. The lowest BCUT2D eigenvalue weighted by molar-refractivity contribution is 0.203. The standard InChI is InChI=1S/C23H33BrO3/c1-16(2)27-22-15-19(13-18(4)26-11-6-5-10-24)14-21(25)23(22)20-9-7-8-17(3)12-20/h8,14-16,20,25H,4-7,9-13H2,1-3H3. The Morgan fingerprint density at radius 2 is 2.11 bits per heavy atom. The maximum atomic E-state index is 10.8. The first kappa shape index (κ1) is 21.9. The lowest BCUT2D eigenvalue weighted by atomic mass is 9.83. The van der Waals surface area contributed by atoms with Gasteiger partial charge in [-0.25, -0.2) is 0 Å². The van der Waals surface area contributed by atoms with E-state index in [1.54, 1.807) is 0 Å². The predicted molar refractivity (Wildman–Crippen MR) is 116 cm³/mol. The Labute approximate surface area is 172 Å². The van der Waals surface area contributed by atoms with E-state index >= 15 is 0 Å². The molecule has 1 N–H and O–H groups in total. The van der Waals surface area contributed by atoms with Crippen LogP contribution in [0.15, 0.2) is 36.1 Å². The number of benzene rings is 1. The molecule has 0 saturated heterocycles. The molecule has 150 valence electrons. The summed E-state index contributed by atoms with van der Waals surface area (Å²) in [7, 11) is 0. The first-order valence-corrected chi connectivity index (χ1v) is 11.1. The predicted octanol–water partition coefficient (Wildman–Crippen LogP) is 6.64. The van der Waals surface area contributed by atoms with Crippen molar-refractivity contribution in [1.82, 2.24) is 0 Å². The van der Waals surface area contributed by atoms with Gasteiger partial charge in [0.15, 0.2) is 0 Å². The number of allylic oxidation sites excluding steroid dienone is 3. The topological polar surface area (TPSA) is 38.7 Å². The van der Waals surface area contributed by atoms with Crippen molar-refractivity contribution >= 4 is 15.9 Å². The second-order valence-corrected chi connectivity index (χ2v) is 8.48. The van der Waals surface area contributed by atoms with Crippen molar-refractivity contribution in [3.63, 3.8) is 0 Å². The number of rotatable bonds is 10. The summed E-state index contributed by atoms with van der Waals surface area (Å²) in [6.07, 6.45) is 8.10. The molecule has 0 radical (unpaired) electrons. The molecule has 1 unspecified atom stereocenters. The number of phenolic OH excluding ortho intramolecular Hbond substituents is 1. The van der Waals surface area contributed by atoms with Gasteiger partial charge in [-0.2, -0.15) is 0 Å². The van der Waals surface area contributed by atoms with Crippen LogP contribution in [0.1, 0.15) is 69.9 Å². The maximum absolute atomic E-state index is 10.8. The molecule has 1 aromatic rings. The highest BCUT2D eigenvalue weighted by Gasteiger charge is 2.24. The summed E-state index contributed by atoms with van der Waals surface area (Å²) >= 11 is 3.43. The number of phenols is 1. The molecule has 0 fully saturated rings. The molecule has 0 amide bonds. The van der Waals surface area contributed by atoms with Gasteiger partial charge in [0.1, 0.15) is 11.5 Å². The van der Waals surface area contributed by atoms with E-state index in [0.29, 0.717) is 24.7 Å². The molecule has 0 heterocycles. The second kappa shape index (κ2) is 10.8. The lowest BCUT2D eigenvalue weighted by Gasteiger charge is -2.26. The Morgan fingerprint density at radius 3 is 2.78 bits per heavy atom. The molecule has 27 heavy (non-hydrogen) atoms. The van der Waals surface area contributed by atoms with E-state index in [9.17, 15) is 5.11 Å². The first-order valence-electron chi connectivity index (χ1n) is 9.95. The smallest absolute Gasteiger partial charge is 0.127 e. The van der Waals surface area contributed by atoms with Crippen molar-refractivity contribution in [2.45, 2.75) is 71.3 Å². The fourth-order valence-corrected chi connectivity index (χ4v) is 3.97. The van der Waals surface area contributed by atoms with Gasteiger partial charge in [-0.15, -0.1) is 0 Å². The zero-order chi connectivity index (χ0) is 19.8.